The summed E-state index contributed by atoms with van der Waals surface area (Å²) < 4.78 is 15.1. The van der Waals surface area contributed by atoms with E-state index in [9.17, 15) is 9.59 Å². The van der Waals surface area contributed by atoms with Crippen LogP contribution in [0.3, 0.4) is 0 Å². The first-order valence-electron chi connectivity index (χ1n) is 15.9. The number of aromatic nitrogens is 4. The standard InChI is InChI=1S/C8H13NO.2C7H11NO.2C6H10N2O/c1-5(2)7-6(3)4-9-8(7)10;2*1-5(2)7-4-6(3)8-9-7;1-4(2)5-6(9)8-3-7-5;1-4(2)6-8-7-5(3)9-6/h5H,4H2,1-3H3,(H,9,10);2*4-5H,1-3H3;4H,3H2,1-2H3,(H,8,9);4H,1-3H3. The fourth-order valence-corrected chi connectivity index (χ4v) is 4.01. The van der Waals surface area contributed by atoms with Crippen molar-refractivity contribution in [2.45, 2.75) is 115 Å². The fourth-order valence-electron chi connectivity index (χ4n) is 4.01. The van der Waals surface area contributed by atoms with E-state index < -0.39 is 0 Å². The third-order valence-corrected chi connectivity index (χ3v) is 6.53. The number of hydrogen-bond donors (Lipinski definition) is 2. The van der Waals surface area contributed by atoms with Gasteiger partial charge in [0.15, 0.2) is 0 Å². The van der Waals surface area contributed by atoms with Crippen LogP contribution in [0, 0.1) is 32.6 Å². The van der Waals surface area contributed by atoms with Gasteiger partial charge in [-0.3, -0.25) is 14.6 Å². The summed E-state index contributed by atoms with van der Waals surface area (Å²) in [6.07, 6.45) is 0. The zero-order valence-corrected chi connectivity index (χ0v) is 30.2. The van der Waals surface area contributed by atoms with Crippen molar-refractivity contribution in [3.63, 3.8) is 0 Å². The average Bonchev–Trinajstić information content (AvgIpc) is 3.79. The molecule has 5 rings (SSSR count). The third-order valence-electron chi connectivity index (χ3n) is 6.53. The molecule has 0 saturated carbocycles. The van der Waals surface area contributed by atoms with E-state index in [0.717, 1.165) is 35.0 Å². The maximum absolute atomic E-state index is 11.1. The lowest BCUT2D eigenvalue weighted by atomic mass is 10.0. The van der Waals surface area contributed by atoms with Crippen molar-refractivity contribution in [3.05, 3.63) is 58.0 Å². The molecule has 5 heterocycles. The minimum absolute atomic E-state index is 0.00926. The second kappa shape index (κ2) is 19.4. The number of carbonyl (C=O) groups excluding carboxylic acids is 2. The monoisotopic (exact) mass is 641 g/mol. The summed E-state index contributed by atoms with van der Waals surface area (Å²) >= 11 is 0. The summed E-state index contributed by atoms with van der Waals surface area (Å²) in [5, 5.41) is 20.4. The number of amides is 2. The zero-order chi connectivity index (χ0) is 35.1. The molecule has 3 aromatic heterocycles. The largest absolute Gasteiger partial charge is 0.425 e. The number of rotatable bonds is 5. The highest BCUT2D eigenvalue weighted by atomic mass is 16.5. The Kier molecular flexibility index (Phi) is 16.9. The Morgan fingerprint density at radius 2 is 1.17 bits per heavy atom. The van der Waals surface area contributed by atoms with Crippen LogP contribution in [0.15, 0.2) is 41.7 Å². The van der Waals surface area contributed by atoms with Gasteiger partial charge in [-0.15, -0.1) is 10.2 Å². The van der Waals surface area contributed by atoms with Gasteiger partial charge < -0.3 is 24.1 Å². The number of carbonyl (C=O) groups is 2. The van der Waals surface area contributed by atoms with Crippen LogP contribution < -0.4 is 10.6 Å². The van der Waals surface area contributed by atoms with Gasteiger partial charge in [-0.1, -0.05) is 79.6 Å². The molecule has 2 aliphatic rings. The van der Waals surface area contributed by atoms with Crippen LogP contribution >= 0.6 is 0 Å². The van der Waals surface area contributed by atoms with Crippen LogP contribution in [-0.2, 0) is 9.59 Å². The Hall–Kier alpha value is -4.09. The van der Waals surface area contributed by atoms with Crippen molar-refractivity contribution in [2.75, 3.05) is 13.2 Å². The van der Waals surface area contributed by atoms with Crippen LogP contribution in [0.25, 0.3) is 0 Å². The van der Waals surface area contributed by atoms with Gasteiger partial charge in [-0.25, -0.2) is 0 Å². The maximum Gasteiger partial charge on any atom is 0.266 e. The highest BCUT2D eigenvalue weighted by Gasteiger charge is 2.21. The molecule has 0 aromatic carbocycles. The molecule has 2 N–H and O–H groups in total. The van der Waals surface area contributed by atoms with Gasteiger partial charge in [0, 0.05) is 54.8 Å². The molecule has 2 aliphatic heterocycles. The summed E-state index contributed by atoms with van der Waals surface area (Å²) in [7, 11) is 0. The third kappa shape index (κ3) is 13.9. The fraction of sp³-hybridized carbons (Fsp3) is 0.618. The first-order valence-corrected chi connectivity index (χ1v) is 15.9. The second-order valence-corrected chi connectivity index (χ2v) is 12.8. The summed E-state index contributed by atoms with van der Waals surface area (Å²) in [5.74, 6) is 5.25. The molecular formula is C34H55N7O5. The summed E-state index contributed by atoms with van der Waals surface area (Å²) in [6.45, 7) is 29.2. The minimum Gasteiger partial charge on any atom is -0.425 e. The summed E-state index contributed by atoms with van der Waals surface area (Å²) in [4.78, 5) is 25.8. The van der Waals surface area contributed by atoms with Crippen molar-refractivity contribution in [1.82, 2.24) is 31.1 Å². The Labute approximate surface area is 274 Å². The van der Waals surface area contributed by atoms with Gasteiger partial charge in [0.25, 0.3) is 5.91 Å². The van der Waals surface area contributed by atoms with Gasteiger partial charge >= 0.3 is 0 Å². The number of aryl methyl sites for hydroxylation is 3. The molecule has 0 atom stereocenters. The molecule has 0 unspecified atom stereocenters. The van der Waals surface area contributed by atoms with Gasteiger partial charge in [0.05, 0.1) is 11.4 Å². The van der Waals surface area contributed by atoms with Crippen LogP contribution in [-0.4, -0.2) is 51.3 Å². The first kappa shape index (κ1) is 39.9. The van der Waals surface area contributed by atoms with E-state index in [4.69, 9.17) is 13.5 Å². The van der Waals surface area contributed by atoms with Crippen molar-refractivity contribution in [3.8, 4) is 0 Å². The normalized spacial score (nSPS) is 13.8. The van der Waals surface area contributed by atoms with Crippen LogP contribution in [0.4, 0.5) is 0 Å². The molecular weight excluding hydrogens is 586 g/mol. The SMILES string of the molecule is CC(C)C1=NCNC1=O.CC1=C(C(C)C)C(=O)NC1.Cc1cc(C(C)C)on1.Cc1cc(C(C)C)on1.Cc1nnc(C(C)C)o1. The number of nitrogens with one attached hydrogen (secondary N) is 2. The minimum atomic E-state index is -0.00926. The van der Waals surface area contributed by atoms with Crippen molar-refractivity contribution in [2.24, 2.45) is 16.8 Å². The van der Waals surface area contributed by atoms with Crippen LogP contribution in [0.2, 0.25) is 0 Å². The molecule has 0 bridgehead atoms. The Morgan fingerprint density at radius 1 is 0.652 bits per heavy atom. The lowest BCUT2D eigenvalue weighted by Crippen LogP contribution is -2.25. The predicted molar refractivity (Wildman–Crippen MR) is 180 cm³/mol. The Balaban J connectivity index is 0.000000288. The first-order chi connectivity index (χ1) is 21.4. The van der Waals surface area contributed by atoms with E-state index in [2.05, 4.69) is 63.8 Å². The van der Waals surface area contributed by atoms with Crippen molar-refractivity contribution >= 4 is 17.5 Å². The average molecular weight is 642 g/mol. The second-order valence-electron chi connectivity index (χ2n) is 12.8. The highest BCUT2D eigenvalue weighted by molar-refractivity contribution is 6.40. The molecule has 12 heteroatoms. The van der Waals surface area contributed by atoms with Gasteiger partial charge in [0.2, 0.25) is 17.7 Å². The van der Waals surface area contributed by atoms with E-state index in [-0.39, 0.29) is 17.7 Å². The van der Waals surface area contributed by atoms with E-state index in [1.165, 1.54) is 5.57 Å². The number of hydrogen-bond acceptors (Lipinski definition) is 10. The smallest absolute Gasteiger partial charge is 0.266 e. The van der Waals surface area contributed by atoms with E-state index in [1.807, 2.05) is 74.4 Å². The molecule has 0 spiro atoms. The number of aliphatic imine (C=N–C) groups is 1. The molecule has 2 amide bonds. The molecule has 256 valence electrons. The lowest BCUT2D eigenvalue weighted by Gasteiger charge is -2.03. The summed E-state index contributed by atoms with van der Waals surface area (Å²) in [6, 6.07) is 3.93. The Bertz CT molecular complexity index is 1320. The molecule has 0 saturated heterocycles. The molecule has 0 aliphatic carbocycles. The molecule has 3 aromatic rings. The van der Waals surface area contributed by atoms with Crippen molar-refractivity contribution in [1.29, 1.82) is 0 Å². The quantitative estimate of drug-likeness (QED) is 0.299. The molecule has 12 nitrogen and oxygen atoms in total. The van der Waals surface area contributed by atoms with Gasteiger partial charge in [-0.2, -0.15) is 0 Å². The molecule has 0 fully saturated rings. The molecule has 0 radical (unpaired) electrons. The maximum atomic E-state index is 11.1. The molecule has 46 heavy (non-hydrogen) atoms. The summed E-state index contributed by atoms with van der Waals surface area (Å²) in [5.41, 5.74) is 4.76. The highest BCUT2D eigenvalue weighted by Crippen LogP contribution is 2.18. The Morgan fingerprint density at radius 3 is 1.35 bits per heavy atom. The van der Waals surface area contributed by atoms with Gasteiger partial charge in [-0.05, 0) is 32.3 Å². The van der Waals surface area contributed by atoms with E-state index in [0.29, 0.717) is 47.8 Å². The zero-order valence-electron chi connectivity index (χ0n) is 30.2. The van der Waals surface area contributed by atoms with Crippen LogP contribution in [0.5, 0.6) is 0 Å². The number of nitrogens with zero attached hydrogens (tertiary/aromatic N) is 5. The topological polar surface area (TPSA) is 162 Å². The lowest BCUT2D eigenvalue weighted by molar-refractivity contribution is -0.117. The van der Waals surface area contributed by atoms with E-state index >= 15 is 0 Å². The van der Waals surface area contributed by atoms with Crippen LogP contribution in [0.1, 0.15) is 129 Å². The predicted octanol–water partition coefficient (Wildman–Crippen LogP) is 6.97. The van der Waals surface area contributed by atoms with Crippen molar-refractivity contribution < 1.29 is 23.1 Å². The van der Waals surface area contributed by atoms with Gasteiger partial charge in [0.1, 0.15) is 23.9 Å². The van der Waals surface area contributed by atoms with E-state index in [1.54, 1.807) is 6.92 Å².